The molecule has 0 aliphatic heterocycles. The van der Waals surface area contributed by atoms with Gasteiger partial charge in [-0.15, -0.1) is 0 Å². The Balaban J connectivity index is 2.36. The predicted octanol–water partition coefficient (Wildman–Crippen LogP) is 4.91. The summed E-state index contributed by atoms with van der Waals surface area (Å²) in [5.74, 6) is -2.81. The van der Waals surface area contributed by atoms with E-state index in [4.69, 9.17) is 8.74 Å². The zero-order chi connectivity index (χ0) is 21.1. The van der Waals surface area contributed by atoms with Gasteiger partial charge in [-0.3, -0.25) is 0 Å². The number of alkyl halides is 2. The lowest BCUT2D eigenvalue weighted by Gasteiger charge is -2.39. The highest BCUT2D eigenvalue weighted by atomic mass is 32.3. The van der Waals surface area contributed by atoms with Crippen LogP contribution in [0.15, 0.2) is 106 Å². The molecule has 9 heteroatoms. The second kappa shape index (κ2) is 7.94. The smallest absolute Gasteiger partial charge is 0.466 e. The van der Waals surface area contributed by atoms with Crippen LogP contribution in [0.1, 0.15) is 0 Å². The average molecular weight is 438 g/mol. The summed E-state index contributed by atoms with van der Waals surface area (Å²) in [5.41, 5.74) is 0. The van der Waals surface area contributed by atoms with Crippen molar-refractivity contribution in [1.29, 1.82) is 0 Å². The number of rotatable bonds is 7. The predicted molar refractivity (Wildman–Crippen MR) is 104 cm³/mol. The van der Waals surface area contributed by atoms with Gasteiger partial charge < -0.3 is 5.11 Å². The summed E-state index contributed by atoms with van der Waals surface area (Å²) in [6.07, 6.45) is 0. The first-order valence-electron chi connectivity index (χ1n) is 8.27. The number of aliphatic carboxylic acids is 1. The standard InChI is InChI=1S/C20H16F2O5S2/c21-20(22,19(23)24)29(25,26)27-28(16-10-4-1-5-11-16,17-12-6-2-7-13-17)18-14-8-3-9-15-18/h1-15H,(H,23,24). The number of hydrogen-bond acceptors (Lipinski definition) is 4. The van der Waals surface area contributed by atoms with E-state index < -0.39 is 31.7 Å². The Bertz CT molecular complexity index is 993. The van der Waals surface area contributed by atoms with Crippen molar-refractivity contribution in [2.24, 2.45) is 0 Å². The summed E-state index contributed by atoms with van der Waals surface area (Å²) in [5, 5.41) is 3.66. The molecule has 0 fully saturated rings. The van der Waals surface area contributed by atoms with Crippen LogP contribution in [-0.4, -0.2) is 24.7 Å². The number of halogens is 2. The van der Waals surface area contributed by atoms with Crippen LogP contribution in [0.4, 0.5) is 8.78 Å². The summed E-state index contributed by atoms with van der Waals surface area (Å²) in [4.78, 5) is 11.9. The maximum absolute atomic E-state index is 14.1. The summed E-state index contributed by atoms with van der Waals surface area (Å²) >= 11 is 0. The lowest BCUT2D eigenvalue weighted by atomic mass is 10.4. The highest BCUT2D eigenvalue weighted by molar-refractivity contribution is 8.33. The minimum Gasteiger partial charge on any atom is -0.476 e. The van der Waals surface area contributed by atoms with Gasteiger partial charge in [0.25, 0.3) is 0 Å². The van der Waals surface area contributed by atoms with E-state index in [1.807, 2.05) is 0 Å². The van der Waals surface area contributed by atoms with Crippen molar-refractivity contribution < 1.29 is 30.7 Å². The molecule has 0 saturated carbocycles. The molecular weight excluding hydrogens is 422 g/mol. The van der Waals surface area contributed by atoms with Crippen molar-refractivity contribution in [3.63, 3.8) is 0 Å². The minimum absolute atomic E-state index is 0.321. The van der Waals surface area contributed by atoms with E-state index in [0.717, 1.165) is 0 Å². The number of carbonyl (C=O) groups is 1. The Hall–Kier alpha value is -2.75. The van der Waals surface area contributed by atoms with Gasteiger partial charge in [0, 0.05) is 14.7 Å². The third-order valence-corrected chi connectivity index (χ3v) is 9.12. The van der Waals surface area contributed by atoms with Crippen LogP contribution in [0, 0.1) is 0 Å². The first-order valence-corrected chi connectivity index (χ1v) is 11.2. The van der Waals surface area contributed by atoms with Crippen LogP contribution < -0.4 is 0 Å². The number of carboxylic acid groups (broad SMARTS) is 1. The average Bonchev–Trinajstić information content (AvgIpc) is 2.73. The normalized spacial score (nSPS) is 13.0. The molecule has 152 valence electrons. The molecule has 3 aromatic rings. The zero-order valence-corrected chi connectivity index (χ0v) is 16.4. The summed E-state index contributed by atoms with van der Waals surface area (Å²) in [7, 11) is -9.10. The number of carboxylic acids is 1. The summed E-state index contributed by atoms with van der Waals surface area (Å²) < 4.78 is 58.4. The van der Waals surface area contributed by atoms with Gasteiger partial charge in [0.15, 0.2) is 0 Å². The first-order chi connectivity index (χ1) is 13.7. The van der Waals surface area contributed by atoms with E-state index >= 15 is 0 Å². The van der Waals surface area contributed by atoms with E-state index in [2.05, 4.69) is 0 Å². The van der Waals surface area contributed by atoms with Gasteiger partial charge in [0.1, 0.15) is 0 Å². The molecule has 3 rings (SSSR count). The summed E-state index contributed by atoms with van der Waals surface area (Å²) in [6.45, 7) is 0. The Morgan fingerprint density at radius 1 is 0.724 bits per heavy atom. The highest BCUT2D eigenvalue weighted by Crippen LogP contribution is 2.70. The third-order valence-electron chi connectivity index (χ3n) is 3.98. The van der Waals surface area contributed by atoms with Crippen LogP contribution in [0.2, 0.25) is 0 Å². The van der Waals surface area contributed by atoms with Crippen molar-refractivity contribution in [3.05, 3.63) is 91.0 Å². The molecule has 29 heavy (non-hydrogen) atoms. The molecule has 0 amide bonds. The fraction of sp³-hybridized carbons (Fsp3) is 0.0500. The lowest BCUT2D eigenvalue weighted by molar-refractivity contribution is -0.154. The molecule has 5 nitrogen and oxygen atoms in total. The van der Waals surface area contributed by atoms with Gasteiger partial charge in [-0.1, -0.05) is 54.6 Å². The number of benzene rings is 3. The van der Waals surface area contributed by atoms with Crippen LogP contribution in [0.3, 0.4) is 0 Å². The van der Waals surface area contributed by atoms with Gasteiger partial charge in [0.2, 0.25) is 0 Å². The van der Waals surface area contributed by atoms with Gasteiger partial charge in [-0.25, -0.2) is 8.42 Å². The molecule has 0 heterocycles. The van der Waals surface area contributed by atoms with Gasteiger partial charge in [0.05, 0.1) is 0 Å². The van der Waals surface area contributed by atoms with Crippen LogP contribution in [0.25, 0.3) is 0 Å². The van der Waals surface area contributed by atoms with E-state index in [1.54, 1.807) is 91.0 Å². The van der Waals surface area contributed by atoms with E-state index in [9.17, 15) is 22.0 Å². The molecule has 0 spiro atoms. The topological polar surface area (TPSA) is 80.7 Å². The molecule has 0 unspecified atom stereocenters. The Morgan fingerprint density at radius 2 is 1.03 bits per heavy atom. The van der Waals surface area contributed by atoms with Crippen molar-refractivity contribution in [1.82, 2.24) is 0 Å². The Labute approximate surface area is 168 Å². The van der Waals surface area contributed by atoms with Crippen LogP contribution in [-0.2, 0) is 18.5 Å². The zero-order valence-electron chi connectivity index (χ0n) is 14.8. The highest BCUT2D eigenvalue weighted by Gasteiger charge is 2.57. The van der Waals surface area contributed by atoms with Crippen LogP contribution >= 0.6 is 10.3 Å². The van der Waals surface area contributed by atoms with Crippen molar-refractivity contribution in [3.8, 4) is 0 Å². The lowest BCUT2D eigenvalue weighted by Crippen LogP contribution is -2.39. The maximum Gasteiger partial charge on any atom is 0.466 e. The monoisotopic (exact) mass is 438 g/mol. The van der Waals surface area contributed by atoms with Gasteiger partial charge in [-0.2, -0.15) is 17.2 Å². The SMILES string of the molecule is O=C(O)C(F)(F)S(=O)(=O)OS(c1ccccc1)(c1ccccc1)c1ccccc1. The molecule has 3 aromatic carbocycles. The molecule has 0 radical (unpaired) electrons. The molecule has 0 saturated heterocycles. The van der Waals surface area contributed by atoms with Crippen molar-refractivity contribution in [2.75, 3.05) is 0 Å². The largest absolute Gasteiger partial charge is 0.476 e. The van der Waals surface area contributed by atoms with E-state index in [-0.39, 0.29) is 0 Å². The maximum atomic E-state index is 14.1. The Morgan fingerprint density at radius 3 is 1.31 bits per heavy atom. The fourth-order valence-corrected chi connectivity index (χ4v) is 7.66. The summed E-state index contributed by atoms with van der Waals surface area (Å²) in [6, 6.07) is 24.1. The molecule has 0 aliphatic rings. The van der Waals surface area contributed by atoms with Crippen molar-refractivity contribution in [2.45, 2.75) is 19.9 Å². The molecule has 1 N–H and O–H groups in total. The van der Waals surface area contributed by atoms with Gasteiger partial charge in [-0.05, 0) is 46.7 Å². The molecule has 0 bridgehead atoms. The quantitative estimate of drug-likeness (QED) is 0.567. The molecule has 0 aliphatic carbocycles. The fourth-order valence-electron chi connectivity index (χ4n) is 2.65. The second-order valence-corrected chi connectivity index (χ2v) is 10.3. The van der Waals surface area contributed by atoms with E-state index in [0.29, 0.717) is 14.7 Å². The minimum atomic E-state index is -5.86. The molecule has 0 atom stereocenters. The molecular formula is C20H16F2O5S2. The molecule has 0 aromatic heterocycles. The second-order valence-electron chi connectivity index (χ2n) is 5.84. The van der Waals surface area contributed by atoms with Crippen LogP contribution in [0.5, 0.6) is 0 Å². The van der Waals surface area contributed by atoms with Crippen molar-refractivity contribution >= 4 is 26.4 Å². The van der Waals surface area contributed by atoms with E-state index in [1.165, 1.54) is 0 Å². The Kier molecular flexibility index (Phi) is 5.74. The van der Waals surface area contributed by atoms with Gasteiger partial charge >= 0.3 is 21.3 Å². The number of hydrogen-bond donors (Lipinski definition) is 1. The third kappa shape index (κ3) is 3.76. The first kappa shape index (κ1) is 21.0.